The highest BCUT2D eigenvalue weighted by atomic mass is 15.1. The molecule has 0 saturated carbocycles. The largest absolute Gasteiger partial charge is 0.309 e. The minimum absolute atomic E-state index is 1.11. The smallest absolute Gasteiger partial charge is 0.0562 e. The van der Waals surface area contributed by atoms with Crippen molar-refractivity contribution in [3.63, 3.8) is 0 Å². The first kappa shape index (κ1) is 31.6. The fourth-order valence-corrected chi connectivity index (χ4v) is 8.27. The molecule has 0 fully saturated rings. The molecule has 0 radical (unpaired) electrons. The molecule has 10 rings (SSSR count). The van der Waals surface area contributed by atoms with Crippen LogP contribution in [0.3, 0.4) is 0 Å². The number of nitrogens with zero attached hydrogens (tertiary/aromatic N) is 2. The molecular formula is C52H36N2. The van der Waals surface area contributed by atoms with Crippen LogP contribution in [0.5, 0.6) is 0 Å². The number of para-hydroxylation sites is 2. The molecule has 0 saturated heterocycles. The van der Waals surface area contributed by atoms with E-state index in [9.17, 15) is 0 Å². The topological polar surface area (TPSA) is 8.17 Å². The van der Waals surface area contributed by atoms with Gasteiger partial charge in [0.25, 0.3) is 0 Å². The van der Waals surface area contributed by atoms with Gasteiger partial charge in [0.15, 0.2) is 0 Å². The van der Waals surface area contributed by atoms with Gasteiger partial charge < -0.3 is 9.47 Å². The van der Waals surface area contributed by atoms with Crippen molar-refractivity contribution in [3.05, 3.63) is 218 Å². The van der Waals surface area contributed by atoms with E-state index in [1.807, 2.05) is 0 Å². The van der Waals surface area contributed by atoms with E-state index in [1.54, 1.807) is 0 Å². The van der Waals surface area contributed by atoms with Crippen LogP contribution in [-0.4, -0.2) is 4.57 Å². The summed E-state index contributed by atoms with van der Waals surface area (Å²) in [5.41, 5.74) is 14.1. The number of aromatic nitrogens is 1. The van der Waals surface area contributed by atoms with Crippen LogP contribution in [-0.2, 0) is 0 Å². The molecule has 0 bridgehead atoms. The maximum absolute atomic E-state index is 2.47. The number of fused-ring (bicyclic) bond motifs is 4. The van der Waals surface area contributed by atoms with Gasteiger partial charge in [-0.05, 0) is 75.7 Å². The summed E-state index contributed by atoms with van der Waals surface area (Å²) in [6.45, 7) is 0. The summed E-state index contributed by atoms with van der Waals surface area (Å²) >= 11 is 0. The zero-order valence-electron chi connectivity index (χ0n) is 29.7. The molecular weight excluding hydrogens is 653 g/mol. The SMILES string of the molecule is c1ccc(-c2cccc(-n3c4ccccc4c4c(N(c5ccccc5)c5ccc(-c6ccccc6)c6ccccc56)cccc43)c2-c2ccccc2)cc1. The lowest BCUT2D eigenvalue weighted by Gasteiger charge is -2.28. The van der Waals surface area contributed by atoms with Gasteiger partial charge in [0.05, 0.1) is 28.1 Å². The number of benzene rings is 9. The van der Waals surface area contributed by atoms with E-state index in [0.717, 1.165) is 28.3 Å². The molecule has 2 heteroatoms. The summed E-state index contributed by atoms with van der Waals surface area (Å²) in [6, 6.07) is 78.8. The molecule has 0 spiro atoms. The molecule has 0 aliphatic carbocycles. The van der Waals surface area contributed by atoms with Gasteiger partial charge in [0, 0.05) is 27.4 Å². The van der Waals surface area contributed by atoms with Crippen molar-refractivity contribution in [2.45, 2.75) is 0 Å². The van der Waals surface area contributed by atoms with Crippen molar-refractivity contribution in [1.82, 2.24) is 4.57 Å². The zero-order valence-corrected chi connectivity index (χ0v) is 29.7. The molecule has 1 aromatic heterocycles. The normalized spacial score (nSPS) is 11.3. The van der Waals surface area contributed by atoms with Gasteiger partial charge in [-0.3, -0.25) is 0 Å². The van der Waals surface area contributed by atoms with E-state index in [0.29, 0.717) is 0 Å². The minimum atomic E-state index is 1.11. The number of hydrogen-bond acceptors (Lipinski definition) is 1. The van der Waals surface area contributed by atoms with E-state index in [4.69, 9.17) is 0 Å². The third-order valence-electron chi connectivity index (χ3n) is 10.6. The second-order valence-corrected chi connectivity index (χ2v) is 13.7. The van der Waals surface area contributed by atoms with E-state index in [-0.39, 0.29) is 0 Å². The maximum Gasteiger partial charge on any atom is 0.0562 e. The highest BCUT2D eigenvalue weighted by Crippen LogP contribution is 2.48. The fraction of sp³-hybridized carbons (Fsp3) is 0. The molecule has 2 nitrogen and oxygen atoms in total. The lowest BCUT2D eigenvalue weighted by atomic mass is 9.93. The Hall–Kier alpha value is -7.16. The Bertz CT molecular complexity index is 2910. The third-order valence-corrected chi connectivity index (χ3v) is 10.6. The average Bonchev–Trinajstić information content (AvgIpc) is 3.60. The number of rotatable bonds is 7. The van der Waals surface area contributed by atoms with Gasteiger partial charge in [0.1, 0.15) is 0 Å². The van der Waals surface area contributed by atoms with E-state index in [2.05, 4.69) is 228 Å². The second kappa shape index (κ2) is 13.4. The molecule has 54 heavy (non-hydrogen) atoms. The molecule has 1 heterocycles. The van der Waals surface area contributed by atoms with E-state index in [1.165, 1.54) is 60.4 Å². The highest BCUT2D eigenvalue weighted by molar-refractivity contribution is 6.18. The Morgan fingerprint density at radius 3 is 1.56 bits per heavy atom. The van der Waals surface area contributed by atoms with Gasteiger partial charge in [-0.15, -0.1) is 0 Å². The van der Waals surface area contributed by atoms with Gasteiger partial charge >= 0.3 is 0 Å². The number of anilines is 3. The molecule has 0 unspecified atom stereocenters. The molecule has 0 N–H and O–H groups in total. The van der Waals surface area contributed by atoms with Gasteiger partial charge in [-0.1, -0.05) is 176 Å². The first-order valence-corrected chi connectivity index (χ1v) is 18.5. The summed E-state index contributed by atoms with van der Waals surface area (Å²) in [5, 5.41) is 4.84. The Kier molecular flexibility index (Phi) is 7.85. The molecule has 0 aliphatic heterocycles. The minimum Gasteiger partial charge on any atom is -0.309 e. The van der Waals surface area contributed by atoms with Crippen LogP contribution in [0.4, 0.5) is 17.1 Å². The van der Waals surface area contributed by atoms with Crippen molar-refractivity contribution < 1.29 is 0 Å². The van der Waals surface area contributed by atoms with Crippen molar-refractivity contribution in [2.75, 3.05) is 4.90 Å². The maximum atomic E-state index is 2.47. The predicted molar refractivity (Wildman–Crippen MR) is 229 cm³/mol. The van der Waals surface area contributed by atoms with Crippen LogP contribution < -0.4 is 4.90 Å². The summed E-state index contributed by atoms with van der Waals surface area (Å²) in [6.07, 6.45) is 0. The zero-order chi connectivity index (χ0) is 35.8. The standard InChI is InChI=1S/C52H36N2/c1-5-19-37(20-6-1)41-35-36-47(44-28-14-13-27-43(41)44)53(40-25-11-4-12-26-40)49-33-18-34-50-52(49)45-29-15-16-31-46(45)54(50)48-32-17-30-42(38-21-7-2-8-22-38)51(48)39-23-9-3-10-24-39/h1-36H. The molecule has 0 amide bonds. The third kappa shape index (κ3) is 5.27. The second-order valence-electron chi connectivity index (χ2n) is 13.7. The van der Waals surface area contributed by atoms with Crippen LogP contribution in [0.2, 0.25) is 0 Å². The van der Waals surface area contributed by atoms with Gasteiger partial charge in [-0.2, -0.15) is 0 Å². The van der Waals surface area contributed by atoms with E-state index < -0.39 is 0 Å². The van der Waals surface area contributed by atoms with Crippen LogP contribution in [0.25, 0.3) is 71.6 Å². The predicted octanol–water partition coefficient (Wildman–Crippen LogP) is 14.4. The van der Waals surface area contributed by atoms with Crippen molar-refractivity contribution >= 4 is 49.6 Å². The quantitative estimate of drug-likeness (QED) is 0.162. The lowest BCUT2D eigenvalue weighted by Crippen LogP contribution is -2.11. The van der Waals surface area contributed by atoms with Crippen molar-refractivity contribution in [1.29, 1.82) is 0 Å². The first-order valence-electron chi connectivity index (χ1n) is 18.5. The Labute approximate surface area is 315 Å². The molecule has 0 atom stereocenters. The van der Waals surface area contributed by atoms with Crippen LogP contribution in [0, 0.1) is 0 Å². The molecule has 9 aromatic carbocycles. The van der Waals surface area contributed by atoms with Gasteiger partial charge in [0.2, 0.25) is 0 Å². The monoisotopic (exact) mass is 688 g/mol. The Balaban J connectivity index is 1.28. The Morgan fingerprint density at radius 1 is 0.315 bits per heavy atom. The summed E-state index contributed by atoms with van der Waals surface area (Å²) in [5.74, 6) is 0. The van der Waals surface area contributed by atoms with Gasteiger partial charge in [-0.25, -0.2) is 0 Å². The van der Waals surface area contributed by atoms with Crippen molar-refractivity contribution in [2.24, 2.45) is 0 Å². The molecule has 0 aliphatic rings. The highest BCUT2D eigenvalue weighted by Gasteiger charge is 2.24. The molecule has 10 aromatic rings. The van der Waals surface area contributed by atoms with Crippen molar-refractivity contribution in [3.8, 4) is 39.1 Å². The molecule has 254 valence electrons. The first-order chi connectivity index (χ1) is 26.8. The Morgan fingerprint density at radius 2 is 0.852 bits per heavy atom. The summed E-state index contributed by atoms with van der Waals surface area (Å²) in [4.78, 5) is 2.45. The fourth-order valence-electron chi connectivity index (χ4n) is 8.27. The number of hydrogen-bond donors (Lipinski definition) is 0. The van der Waals surface area contributed by atoms with E-state index >= 15 is 0 Å². The van der Waals surface area contributed by atoms with Crippen LogP contribution in [0.15, 0.2) is 218 Å². The van der Waals surface area contributed by atoms with Crippen LogP contribution in [0.1, 0.15) is 0 Å². The van der Waals surface area contributed by atoms with Crippen LogP contribution >= 0.6 is 0 Å². The summed E-state index contributed by atoms with van der Waals surface area (Å²) in [7, 11) is 0. The average molecular weight is 689 g/mol. The lowest BCUT2D eigenvalue weighted by molar-refractivity contribution is 1.18. The summed E-state index contributed by atoms with van der Waals surface area (Å²) < 4.78 is 2.47.